The molecule has 0 spiro atoms. The van der Waals surface area contributed by atoms with Crippen LogP contribution in [0, 0.1) is 11.6 Å². The van der Waals surface area contributed by atoms with E-state index >= 15 is 0 Å². The van der Waals surface area contributed by atoms with Crippen molar-refractivity contribution in [1.82, 2.24) is 4.98 Å². The second-order valence-corrected chi connectivity index (χ2v) is 8.81. The summed E-state index contributed by atoms with van der Waals surface area (Å²) >= 11 is 7.61. The number of aromatic nitrogens is 1. The van der Waals surface area contributed by atoms with Gasteiger partial charge >= 0.3 is 5.97 Å². The number of ether oxygens (including phenoxy) is 1. The van der Waals surface area contributed by atoms with Crippen molar-refractivity contribution in [3.05, 3.63) is 87.7 Å². The number of benzene rings is 2. The van der Waals surface area contributed by atoms with E-state index in [1.54, 1.807) is 24.3 Å². The second kappa shape index (κ2) is 9.93. The van der Waals surface area contributed by atoms with Crippen LogP contribution in [0.5, 0.6) is 5.75 Å². The summed E-state index contributed by atoms with van der Waals surface area (Å²) in [6.07, 6.45) is 4.16. The first-order chi connectivity index (χ1) is 15.9. The third-order valence-electron chi connectivity index (χ3n) is 5.47. The molecule has 1 aliphatic carbocycles. The molecule has 1 aliphatic rings. The zero-order valence-corrected chi connectivity index (χ0v) is 19.3. The molecular weight excluding hydrogens is 468 g/mol. The first-order valence-corrected chi connectivity index (χ1v) is 11.8. The molecule has 0 saturated heterocycles. The molecule has 33 heavy (non-hydrogen) atoms. The number of pyridine rings is 1. The van der Waals surface area contributed by atoms with Gasteiger partial charge in [-0.05, 0) is 79.1 Å². The zero-order valence-electron chi connectivity index (χ0n) is 17.7. The molecular formula is C25H20ClF2NO3S. The fraction of sp³-hybridized carbons (Fsp3) is 0.200. The topological polar surface area (TPSA) is 59.4 Å². The van der Waals surface area contributed by atoms with Gasteiger partial charge in [-0.3, -0.25) is 0 Å². The predicted octanol–water partition coefficient (Wildman–Crippen LogP) is 7.11. The van der Waals surface area contributed by atoms with Gasteiger partial charge in [0.05, 0.1) is 5.69 Å². The summed E-state index contributed by atoms with van der Waals surface area (Å²) in [4.78, 5) is 16.7. The monoisotopic (exact) mass is 487 g/mol. The van der Waals surface area contributed by atoms with Crippen molar-refractivity contribution >= 4 is 40.5 Å². The van der Waals surface area contributed by atoms with E-state index in [0.717, 1.165) is 42.0 Å². The molecule has 0 saturated carbocycles. The van der Waals surface area contributed by atoms with E-state index in [0.29, 0.717) is 21.4 Å². The van der Waals surface area contributed by atoms with Crippen molar-refractivity contribution < 1.29 is 23.4 Å². The number of hydrogen-bond donors (Lipinski definition) is 1. The Balaban J connectivity index is 1.73. The van der Waals surface area contributed by atoms with Crippen molar-refractivity contribution in [3.8, 4) is 5.75 Å². The van der Waals surface area contributed by atoms with Gasteiger partial charge in [-0.2, -0.15) is 0 Å². The highest BCUT2D eigenvalue weighted by atomic mass is 35.5. The van der Waals surface area contributed by atoms with Crippen molar-refractivity contribution in [2.45, 2.75) is 30.8 Å². The lowest BCUT2D eigenvalue weighted by Gasteiger charge is -2.15. The summed E-state index contributed by atoms with van der Waals surface area (Å²) in [6, 6.07) is 12.1. The minimum Gasteiger partial charge on any atom is -0.488 e. The van der Waals surface area contributed by atoms with Crippen LogP contribution >= 0.6 is 23.4 Å². The summed E-state index contributed by atoms with van der Waals surface area (Å²) in [5.74, 6) is -1.89. The van der Waals surface area contributed by atoms with Crippen LogP contribution in [0.3, 0.4) is 0 Å². The van der Waals surface area contributed by atoms with E-state index in [1.165, 1.54) is 23.9 Å². The first-order valence-electron chi connectivity index (χ1n) is 10.2. The Hall–Kier alpha value is -2.90. The maximum Gasteiger partial charge on any atom is 0.355 e. The Morgan fingerprint density at radius 1 is 1.12 bits per heavy atom. The van der Waals surface area contributed by atoms with E-state index < -0.39 is 17.6 Å². The molecule has 0 atom stereocenters. The highest BCUT2D eigenvalue weighted by Crippen LogP contribution is 2.43. The molecule has 8 heteroatoms. The molecule has 4 nitrogen and oxygen atoms in total. The van der Waals surface area contributed by atoms with Gasteiger partial charge in [0.2, 0.25) is 0 Å². The van der Waals surface area contributed by atoms with Gasteiger partial charge in [0.25, 0.3) is 0 Å². The standard InChI is InChI=1S/C25H20ClF2NO3S/c1-33-23-10-8-21(29-24(23)25(30)31)18-4-2-3-17(18)19-11-15(26)6-9-22(19)32-13-14-5-7-16(27)12-20(14)28/h5-12H,2-4,13H2,1H3,(H,30,31). The van der Waals surface area contributed by atoms with Gasteiger partial charge in [-0.1, -0.05) is 11.6 Å². The summed E-state index contributed by atoms with van der Waals surface area (Å²) < 4.78 is 33.2. The van der Waals surface area contributed by atoms with Gasteiger partial charge in [0, 0.05) is 27.1 Å². The van der Waals surface area contributed by atoms with Crippen LogP contribution < -0.4 is 4.74 Å². The molecule has 1 N–H and O–H groups in total. The Kier molecular flexibility index (Phi) is 7.00. The van der Waals surface area contributed by atoms with E-state index in [9.17, 15) is 18.7 Å². The van der Waals surface area contributed by atoms with Crippen LogP contribution in [-0.4, -0.2) is 22.3 Å². The van der Waals surface area contributed by atoms with E-state index in [4.69, 9.17) is 16.3 Å². The minimum atomic E-state index is -1.07. The zero-order chi connectivity index (χ0) is 23.5. The van der Waals surface area contributed by atoms with Crippen molar-refractivity contribution in [2.24, 2.45) is 0 Å². The molecule has 170 valence electrons. The summed E-state index contributed by atoms with van der Waals surface area (Å²) in [5.41, 5.74) is 3.52. The smallest absolute Gasteiger partial charge is 0.355 e. The number of rotatable bonds is 7. The quantitative estimate of drug-likeness (QED) is 0.360. The molecule has 1 heterocycles. The largest absolute Gasteiger partial charge is 0.488 e. The third kappa shape index (κ3) is 5.04. The Bertz CT molecular complexity index is 1260. The van der Waals surface area contributed by atoms with E-state index in [1.807, 2.05) is 12.3 Å². The van der Waals surface area contributed by atoms with Crippen LogP contribution in [0.15, 0.2) is 53.4 Å². The van der Waals surface area contributed by atoms with Gasteiger partial charge in [-0.25, -0.2) is 18.6 Å². The SMILES string of the molecule is CSc1ccc(C2=C(c3cc(Cl)ccc3OCc3ccc(F)cc3F)CCC2)nc1C(=O)O. The van der Waals surface area contributed by atoms with Gasteiger partial charge in [-0.15, -0.1) is 11.8 Å². The normalized spacial score (nSPS) is 13.5. The molecule has 0 radical (unpaired) electrons. The average Bonchev–Trinajstić information content (AvgIpc) is 3.28. The molecule has 0 bridgehead atoms. The van der Waals surface area contributed by atoms with Crippen LogP contribution in [0.2, 0.25) is 5.02 Å². The highest BCUT2D eigenvalue weighted by Gasteiger charge is 2.23. The fourth-order valence-corrected chi connectivity index (χ4v) is 4.62. The number of nitrogens with zero attached hydrogens (tertiary/aromatic N) is 1. The molecule has 0 unspecified atom stereocenters. The number of halogens is 3. The van der Waals surface area contributed by atoms with E-state index in [-0.39, 0.29) is 17.9 Å². The summed E-state index contributed by atoms with van der Waals surface area (Å²) in [6.45, 7) is -0.0762. The second-order valence-electron chi connectivity index (χ2n) is 7.53. The molecule has 0 fully saturated rings. The number of hydrogen-bond acceptors (Lipinski definition) is 4. The lowest BCUT2D eigenvalue weighted by Crippen LogP contribution is -2.05. The number of carboxylic acid groups (broad SMARTS) is 1. The number of aromatic carboxylic acids is 1. The van der Waals surface area contributed by atoms with Crippen LogP contribution in [0.1, 0.15) is 46.6 Å². The molecule has 1 aromatic heterocycles. The number of allylic oxidation sites excluding steroid dienone is 2. The summed E-state index contributed by atoms with van der Waals surface area (Å²) in [7, 11) is 0. The lowest BCUT2D eigenvalue weighted by atomic mass is 9.98. The molecule has 2 aromatic carbocycles. The maximum absolute atomic E-state index is 14.1. The van der Waals surface area contributed by atoms with Crippen LogP contribution in [0.4, 0.5) is 8.78 Å². The molecule has 4 rings (SSSR count). The van der Waals surface area contributed by atoms with Crippen molar-refractivity contribution in [3.63, 3.8) is 0 Å². The van der Waals surface area contributed by atoms with Gasteiger partial charge in [0.15, 0.2) is 5.69 Å². The summed E-state index contributed by atoms with van der Waals surface area (Å²) in [5, 5.41) is 10.1. The van der Waals surface area contributed by atoms with Crippen molar-refractivity contribution in [1.29, 1.82) is 0 Å². The Morgan fingerprint density at radius 2 is 1.91 bits per heavy atom. The predicted molar refractivity (Wildman–Crippen MR) is 126 cm³/mol. The highest BCUT2D eigenvalue weighted by molar-refractivity contribution is 7.98. The minimum absolute atomic E-state index is 0.0214. The lowest BCUT2D eigenvalue weighted by molar-refractivity contribution is 0.0686. The van der Waals surface area contributed by atoms with Crippen LogP contribution in [0.25, 0.3) is 11.1 Å². The van der Waals surface area contributed by atoms with Crippen molar-refractivity contribution in [2.75, 3.05) is 6.26 Å². The Morgan fingerprint density at radius 3 is 2.64 bits per heavy atom. The maximum atomic E-state index is 14.1. The molecule has 3 aromatic rings. The number of carboxylic acids is 1. The van der Waals surface area contributed by atoms with Crippen LogP contribution in [-0.2, 0) is 6.61 Å². The third-order valence-corrected chi connectivity index (χ3v) is 6.48. The number of thioether (sulfide) groups is 1. The van der Waals surface area contributed by atoms with E-state index in [2.05, 4.69) is 4.98 Å². The first kappa shape index (κ1) is 23.3. The fourth-order valence-electron chi connectivity index (χ4n) is 3.91. The molecule has 0 amide bonds. The van der Waals surface area contributed by atoms with Gasteiger partial charge < -0.3 is 9.84 Å². The average molecular weight is 488 g/mol. The van der Waals surface area contributed by atoms with Gasteiger partial charge in [0.1, 0.15) is 24.0 Å². The Labute approximate surface area is 199 Å². The molecule has 0 aliphatic heterocycles. The number of carbonyl (C=O) groups is 1.